The maximum absolute atomic E-state index is 13.7. The molecule has 2 atom stereocenters. The van der Waals surface area contributed by atoms with Crippen molar-refractivity contribution in [3.05, 3.63) is 110 Å². The van der Waals surface area contributed by atoms with Crippen molar-refractivity contribution >= 4 is 56.8 Å². The molecule has 3 aromatic rings. The van der Waals surface area contributed by atoms with Crippen LogP contribution in [0.25, 0.3) is 6.08 Å². The molecule has 0 N–H and O–H groups in total. The third-order valence-corrected chi connectivity index (χ3v) is 7.43. The number of rotatable bonds is 3. The molecule has 6 heteroatoms. The summed E-state index contributed by atoms with van der Waals surface area (Å²) in [5, 5.41) is 8.01. The van der Waals surface area contributed by atoms with E-state index in [4.69, 9.17) is 28.3 Å². The molecule has 33 heavy (non-hydrogen) atoms. The Morgan fingerprint density at radius 3 is 2.33 bits per heavy atom. The third kappa shape index (κ3) is 4.52. The molecule has 0 aromatic heterocycles. The monoisotopic (exact) mass is 538 g/mol. The molecule has 1 amide bonds. The van der Waals surface area contributed by atoms with Gasteiger partial charge in [0.25, 0.3) is 5.91 Å². The van der Waals surface area contributed by atoms with Gasteiger partial charge in [0.15, 0.2) is 0 Å². The van der Waals surface area contributed by atoms with E-state index >= 15 is 0 Å². The van der Waals surface area contributed by atoms with Gasteiger partial charge in [-0.2, -0.15) is 5.10 Å². The van der Waals surface area contributed by atoms with Gasteiger partial charge < -0.3 is 0 Å². The maximum Gasteiger partial charge on any atom is 0.275 e. The largest absolute Gasteiger partial charge is 0.275 e. The molecule has 3 aromatic carbocycles. The molecular formula is C27H21BrCl2N2O. The molecule has 0 saturated heterocycles. The number of carbonyl (C=O) groups is 1. The number of amides is 1. The van der Waals surface area contributed by atoms with Crippen LogP contribution >= 0.6 is 39.1 Å². The van der Waals surface area contributed by atoms with E-state index in [0.717, 1.165) is 40.6 Å². The number of nitrogens with zero attached hydrogens (tertiary/aromatic N) is 2. The number of hydrogen-bond donors (Lipinski definition) is 0. The number of allylic oxidation sites excluding steroid dienone is 1. The molecule has 3 nitrogen and oxygen atoms in total. The lowest BCUT2D eigenvalue weighted by atomic mass is 9.77. The van der Waals surface area contributed by atoms with Gasteiger partial charge in [-0.05, 0) is 94.4 Å². The molecule has 1 heterocycles. The van der Waals surface area contributed by atoms with Gasteiger partial charge in [0, 0.05) is 20.4 Å². The lowest BCUT2D eigenvalue weighted by molar-refractivity contribution is 0.0680. The zero-order valence-electron chi connectivity index (χ0n) is 17.7. The fourth-order valence-electron chi connectivity index (χ4n) is 4.68. The molecule has 166 valence electrons. The Bertz CT molecular complexity index is 1250. The van der Waals surface area contributed by atoms with Crippen LogP contribution in [-0.4, -0.2) is 16.6 Å². The third-order valence-electron chi connectivity index (χ3n) is 6.24. The second-order valence-electron chi connectivity index (χ2n) is 8.33. The number of hydrazone groups is 1. The highest BCUT2D eigenvalue weighted by Gasteiger charge is 2.44. The van der Waals surface area contributed by atoms with E-state index < -0.39 is 0 Å². The molecule has 1 aliphatic carbocycles. The first-order chi connectivity index (χ1) is 16.0. The first-order valence-electron chi connectivity index (χ1n) is 10.9. The molecule has 1 saturated carbocycles. The van der Waals surface area contributed by atoms with Crippen LogP contribution in [0.1, 0.15) is 46.8 Å². The Balaban J connectivity index is 1.59. The Morgan fingerprint density at radius 2 is 1.64 bits per heavy atom. The van der Waals surface area contributed by atoms with E-state index in [-0.39, 0.29) is 17.9 Å². The lowest BCUT2D eigenvalue weighted by Gasteiger charge is -2.30. The molecule has 0 bridgehead atoms. The normalized spacial score (nSPS) is 21.1. The van der Waals surface area contributed by atoms with Gasteiger partial charge in [0.2, 0.25) is 0 Å². The van der Waals surface area contributed by atoms with Crippen LogP contribution in [0.4, 0.5) is 0 Å². The number of benzene rings is 3. The summed E-state index contributed by atoms with van der Waals surface area (Å²) in [7, 11) is 0. The summed E-state index contributed by atoms with van der Waals surface area (Å²) in [6.07, 6.45) is 5.13. The minimum atomic E-state index is -0.175. The Kier molecular flexibility index (Phi) is 6.42. The van der Waals surface area contributed by atoms with Crippen molar-refractivity contribution in [2.75, 3.05) is 0 Å². The minimum Gasteiger partial charge on any atom is -0.267 e. The van der Waals surface area contributed by atoms with Crippen LogP contribution < -0.4 is 0 Å². The summed E-state index contributed by atoms with van der Waals surface area (Å²) in [5.74, 6) is 0.0140. The predicted octanol–water partition coefficient (Wildman–Crippen LogP) is 8.19. The van der Waals surface area contributed by atoms with Crippen LogP contribution in [0.5, 0.6) is 0 Å². The smallest absolute Gasteiger partial charge is 0.267 e. The van der Waals surface area contributed by atoms with Crippen molar-refractivity contribution < 1.29 is 4.79 Å². The Labute approximate surface area is 211 Å². The van der Waals surface area contributed by atoms with Gasteiger partial charge in [0.1, 0.15) is 0 Å². The number of fused-ring (bicyclic) bond motifs is 1. The fraction of sp³-hybridized carbons (Fsp3) is 0.185. The van der Waals surface area contributed by atoms with Gasteiger partial charge >= 0.3 is 0 Å². The van der Waals surface area contributed by atoms with Gasteiger partial charge in [-0.15, -0.1) is 0 Å². The van der Waals surface area contributed by atoms with Crippen LogP contribution in [0.15, 0.2) is 87.9 Å². The van der Waals surface area contributed by atoms with E-state index in [2.05, 4.69) is 22.0 Å². The average Bonchev–Trinajstić information content (AvgIpc) is 3.22. The minimum absolute atomic E-state index is 0.116. The quantitative estimate of drug-likeness (QED) is 0.330. The maximum atomic E-state index is 13.7. The summed E-state index contributed by atoms with van der Waals surface area (Å²) in [6, 6.07) is 22.9. The van der Waals surface area contributed by atoms with Crippen LogP contribution in [0.3, 0.4) is 0 Å². The highest BCUT2D eigenvalue weighted by molar-refractivity contribution is 9.10. The number of carbonyl (C=O) groups excluding carboxylic acids is 1. The molecule has 2 aliphatic rings. The topological polar surface area (TPSA) is 32.7 Å². The average molecular weight is 540 g/mol. The van der Waals surface area contributed by atoms with Crippen molar-refractivity contribution in [3.8, 4) is 0 Å². The first kappa shape index (κ1) is 22.4. The zero-order valence-corrected chi connectivity index (χ0v) is 20.8. The summed E-state index contributed by atoms with van der Waals surface area (Å²) >= 11 is 15.8. The van der Waals surface area contributed by atoms with E-state index in [1.165, 1.54) is 5.57 Å². The summed E-state index contributed by atoms with van der Waals surface area (Å²) in [6.45, 7) is 0. The highest BCUT2D eigenvalue weighted by Crippen LogP contribution is 2.45. The van der Waals surface area contributed by atoms with Crippen molar-refractivity contribution in [1.29, 1.82) is 0 Å². The number of hydrogen-bond acceptors (Lipinski definition) is 2. The van der Waals surface area contributed by atoms with Gasteiger partial charge in [-0.25, -0.2) is 5.01 Å². The van der Waals surface area contributed by atoms with Crippen LogP contribution in [-0.2, 0) is 0 Å². The second kappa shape index (κ2) is 9.46. The molecule has 1 fully saturated rings. The lowest BCUT2D eigenvalue weighted by Crippen LogP contribution is -2.32. The van der Waals surface area contributed by atoms with Gasteiger partial charge in [0.05, 0.1) is 17.3 Å². The predicted molar refractivity (Wildman–Crippen MR) is 139 cm³/mol. The Morgan fingerprint density at radius 1 is 0.970 bits per heavy atom. The summed E-state index contributed by atoms with van der Waals surface area (Å²) in [5.41, 5.74) is 4.89. The van der Waals surface area contributed by atoms with E-state index in [1.807, 2.05) is 72.8 Å². The molecule has 1 aliphatic heterocycles. The van der Waals surface area contributed by atoms with Crippen molar-refractivity contribution in [3.63, 3.8) is 0 Å². The SMILES string of the molecule is O=C(c1ccccc1Br)N1N=C2/C(=C/c3ccc(Cl)cc3)CCC[C@H]2[C@H]1c1ccc(Cl)cc1. The molecule has 0 unspecified atom stereocenters. The molecule has 0 spiro atoms. The van der Waals surface area contributed by atoms with E-state index in [1.54, 1.807) is 5.01 Å². The Hall–Kier alpha value is -2.40. The van der Waals surface area contributed by atoms with Crippen LogP contribution in [0, 0.1) is 5.92 Å². The van der Waals surface area contributed by atoms with Crippen LogP contribution in [0.2, 0.25) is 10.0 Å². The fourth-order valence-corrected chi connectivity index (χ4v) is 5.39. The van der Waals surface area contributed by atoms with Crippen molar-refractivity contribution in [2.45, 2.75) is 25.3 Å². The summed E-state index contributed by atoms with van der Waals surface area (Å²) in [4.78, 5) is 13.7. The number of halogens is 3. The summed E-state index contributed by atoms with van der Waals surface area (Å²) < 4.78 is 0.761. The first-order valence-corrected chi connectivity index (χ1v) is 12.4. The van der Waals surface area contributed by atoms with E-state index in [0.29, 0.717) is 15.6 Å². The van der Waals surface area contributed by atoms with Gasteiger partial charge in [-0.1, -0.05) is 59.6 Å². The molecule has 0 radical (unpaired) electrons. The highest BCUT2D eigenvalue weighted by atomic mass is 79.9. The standard InChI is InChI=1S/C27H21BrCl2N2O/c28-24-7-2-1-5-22(24)27(33)32-26(18-10-14-21(30)15-11-18)23-6-3-4-19(25(23)31-32)16-17-8-12-20(29)13-9-17/h1-2,5,7-16,23,26H,3-4,6H2/b19-16+/t23-,26-/m1/s1. The van der Waals surface area contributed by atoms with Crippen molar-refractivity contribution in [1.82, 2.24) is 5.01 Å². The molecular weight excluding hydrogens is 519 g/mol. The molecule has 5 rings (SSSR count). The van der Waals surface area contributed by atoms with E-state index in [9.17, 15) is 4.79 Å². The zero-order chi connectivity index (χ0) is 22.9. The van der Waals surface area contributed by atoms with Gasteiger partial charge in [-0.3, -0.25) is 4.79 Å². The van der Waals surface area contributed by atoms with Crippen molar-refractivity contribution in [2.24, 2.45) is 11.0 Å². The second-order valence-corrected chi connectivity index (χ2v) is 10.1.